The Morgan fingerprint density at radius 2 is 2.00 bits per heavy atom. The first-order valence-electron chi connectivity index (χ1n) is 6.30. The summed E-state index contributed by atoms with van der Waals surface area (Å²) in [6.07, 6.45) is 1.09. The fourth-order valence-corrected chi connectivity index (χ4v) is 4.84. The molecule has 19 heavy (non-hydrogen) atoms. The quantitative estimate of drug-likeness (QED) is 0.841. The molecule has 1 saturated heterocycles. The van der Waals surface area contributed by atoms with Crippen molar-refractivity contribution in [2.75, 3.05) is 32.7 Å². The van der Waals surface area contributed by atoms with Crippen LogP contribution >= 0.6 is 11.3 Å². The number of thiophene rings is 1. The third-order valence-corrected chi connectivity index (χ3v) is 6.51. The molecule has 1 aromatic rings. The van der Waals surface area contributed by atoms with Crippen molar-refractivity contribution >= 4 is 21.4 Å². The lowest BCUT2D eigenvalue weighted by atomic mass is 10.3. The van der Waals surface area contributed by atoms with E-state index in [0.717, 1.165) is 37.4 Å². The smallest absolute Gasteiger partial charge is 0.252 e. The van der Waals surface area contributed by atoms with Gasteiger partial charge in [-0.25, -0.2) is 8.42 Å². The predicted molar refractivity (Wildman–Crippen MR) is 74.5 cm³/mol. The first-order valence-corrected chi connectivity index (χ1v) is 8.56. The predicted octanol–water partition coefficient (Wildman–Crippen LogP) is 1.34. The Labute approximate surface area is 118 Å². The third kappa shape index (κ3) is 3.15. The van der Waals surface area contributed by atoms with Crippen molar-refractivity contribution in [2.45, 2.75) is 17.6 Å². The fourth-order valence-electron chi connectivity index (χ4n) is 2.16. The molecule has 0 bridgehead atoms. The van der Waals surface area contributed by atoms with Crippen LogP contribution in [0.15, 0.2) is 16.3 Å². The van der Waals surface area contributed by atoms with Crippen LogP contribution in [-0.2, 0) is 10.0 Å². The van der Waals surface area contributed by atoms with Gasteiger partial charge in [-0.1, -0.05) is 6.92 Å². The monoisotopic (exact) mass is 299 g/mol. The number of hydrogen-bond acceptors (Lipinski definition) is 5. The van der Waals surface area contributed by atoms with Crippen LogP contribution in [0.2, 0.25) is 0 Å². The first-order chi connectivity index (χ1) is 9.07. The van der Waals surface area contributed by atoms with E-state index in [1.54, 1.807) is 6.07 Å². The molecular formula is C12H17N3O2S2. The summed E-state index contributed by atoms with van der Waals surface area (Å²) in [4.78, 5) is 2.71. The lowest BCUT2D eigenvalue weighted by Gasteiger charge is -2.33. The molecule has 0 amide bonds. The van der Waals surface area contributed by atoms with Gasteiger partial charge >= 0.3 is 0 Å². The standard InChI is InChI=1S/C12H17N3O2S2/c1-2-5-14-6-8-15(9-7-14)19(16,17)12-4-3-11(10-13)18-12/h3-4H,2,5-9H2,1H3. The van der Waals surface area contributed by atoms with E-state index >= 15 is 0 Å². The Morgan fingerprint density at radius 1 is 1.32 bits per heavy atom. The summed E-state index contributed by atoms with van der Waals surface area (Å²) in [6, 6.07) is 5.06. The zero-order chi connectivity index (χ0) is 13.9. The van der Waals surface area contributed by atoms with E-state index in [-0.39, 0.29) is 4.21 Å². The topological polar surface area (TPSA) is 64.4 Å². The largest absolute Gasteiger partial charge is 0.301 e. The van der Waals surface area contributed by atoms with Crippen molar-refractivity contribution in [1.82, 2.24) is 9.21 Å². The number of nitriles is 1. The lowest BCUT2D eigenvalue weighted by Crippen LogP contribution is -2.48. The van der Waals surface area contributed by atoms with Gasteiger partial charge in [0.15, 0.2) is 0 Å². The van der Waals surface area contributed by atoms with Crippen LogP contribution in [0.1, 0.15) is 18.2 Å². The molecule has 0 radical (unpaired) electrons. The van der Waals surface area contributed by atoms with Crippen LogP contribution < -0.4 is 0 Å². The van der Waals surface area contributed by atoms with Gasteiger partial charge in [-0.2, -0.15) is 9.57 Å². The van der Waals surface area contributed by atoms with Crippen molar-refractivity contribution < 1.29 is 8.42 Å². The minimum Gasteiger partial charge on any atom is -0.301 e. The molecule has 0 saturated carbocycles. The zero-order valence-corrected chi connectivity index (χ0v) is 12.5. The second-order valence-corrected chi connectivity index (χ2v) is 7.72. The maximum absolute atomic E-state index is 12.4. The number of hydrogen-bond donors (Lipinski definition) is 0. The molecule has 0 atom stereocenters. The third-order valence-electron chi connectivity index (χ3n) is 3.16. The second-order valence-electron chi connectivity index (χ2n) is 4.48. The Balaban J connectivity index is 2.08. The number of rotatable bonds is 4. The number of sulfonamides is 1. The summed E-state index contributed by atoms with van der Waals surface area (Å²) in [5.74, 6) is 0. The Kier molecular flexibility index (Phi) is 4.58. The molecule has 7 heteroatoms. The highest BCUT2D eigenvalue weighted by atomic mass is 32.2. The summed E-state index contributed by atoms with van der Waals surface area (Å²) < 4.78 is 26.6. The van der Waals surface area contributed by atoms with E-state index < -0.39 is 10.0 Å². The molecular weight excluding hydrogens is 282 g/mol. The first kappa shape index (κ1) is 14.5. The molecule has 1 aliphatic rings. The van der Waals surface area contributed by atoms with Gasteiger partial charge in [0.25, 0.3) is 10.0 Å². The van der Waals surface area contributed by atoms with Crippen LogP contribution in [0.25, 0.3) is 0 Å². The van der Waals surface area contributed by atoms with Gasteiger partial charge in [-0.15, -0.1) is 11.3 Å². The summed E-state index contributed by atoms with van der Waals surface area (Å²) in [5, 5.41) is 8.77. The molecule has 0 N–H and O–H groups in total. The highest BCUT2D eigenvalue weighted by Gasteiger charge is 2.29. The number of nitrogens with zero attached hydrogens (tertiary/aromatic N) is 3. The van der Waals surface area contributed by atoms with Gasteiger partial charge in [0.2, 0.25) is 0 Å². The van der Waals surface area contributed by atoms with Gasteiger partial charge in [-0.05, 0) is 25.1 Å². The van der Waals surface area contributed by atoms with E-state index in [0.29, 0.717) is 18.0 Å². The van der Waals surface area contributed by atoms with Crippen molar-refractivity contribution in [3.63, 3.8) is 0 Å². The molecule has 104 valence electrons. The maximum Gasteiger partial charge on any atom is 0.252 e. The SMILES string of the molecule is CCCN1CCN(S(=O)(=O)c2ccc(C#N)s2)CC1. The minimum absolute atomic E-state index is 0.271. The molecule has 1 aromatic heterocycles. The molecule has 2 rings (SSSR count). The Hall–Kier alpha value is -0.940. The molecule has 1 fully saturated rings. The van der Waals surface area contributed by atoms with Crippen LogP contribution in [0.4, 0.5) is 0 Å². The Morgan fingerprint density at radius 3 is 2.53 bits per heavy atom. The molecule has 0 aliphatic carbocycles. The summed E-state index contributed by atoms with van der Waals surface area (Å²) in [5.41, 5.74) is 0. The van der Waals surface area contributed by atoms with Crippen LogP contribution in [0, 0.1) is 11.3 Å². The Bertz CT molecular complexity index is 566. The molecule has 0 aromatic carbocycles. The van der Waals surface area contributed by atoms with E-state index in [4.69, 9.17) is 5.26 Å². The summed E-state index contributed by atoms with van der Waals surface area (Å²) >= 11 is 1.04. The fraction of sp³-hybridized carbons (Fsp3) is 0.583. The van der Waals surface area contributed by atoms with Crippen LogP contribution in [0.3, 0.4) is 0 Å². The molecule has 5 nitrogen and oxygen atoms in total. The highest BCUT2D eigenvalue weighted by Crippen LogP contribution is 2.25. The second kappa shape index (κ2) is 6.01. The highest BCUT2D eigenvalue weighted by molar-refractivity contribution is 7.91. The minimum atomic E-state index is -3.42. The van der Waals surface area contributed by atoms with Gasteiger partial charge in [-0.3, -0.25) is 0 Å². The summed E-state index contributed by atoms with van der Waals surface area (Å²) in [7, 11) is -3.42. The molecule has 0 spiro atoms. The van der Waals surface area contributed by atoms with Crippen molar-refractivity contribution in [3.8, 4) is 6.07 Å². The van der Waals surface area contributed by atoms with Crippen LogP contribution in [0.5, 0.6) is 0 Å². The van der Waals surface area contributed by atoms with Crippen molar-refractivity contribution in [1.29, 1.82) is 5.26 Å². The van der Waals surface area contributed by atoms with Crippen molar-refractivity contribution in [3.05, 3.63) is 17.0 Å². The van der Waals surface area contributed by atoms with E-state index in [1.165, 1.54) is 10.4 Å². The molecule has 1 aliphatic heterocycles. The average molecular weight is 299 g/mol. The number of piperazine rings is 1. The molecule has 2 heterocycles. The lowest BCUT2D eigenvalue weighted by molar-refractivity contribution is 0.189. The van der Waals surface area contributed by atoms with Crippen LogP contribution in [-0.4, -0.2) is 50.3 Å². The van der Waals surface area contributed by atoms with Gasteiger partial charge < -0.3 is 4.90 Å². The average Bonchev–Trinajstić information content (AvgIpc) is 2.89. The maximum atomic E-state index is 12.4. The van der Waals surface area contributed by atoms with E-state index in [2.05, 4.69) is 11.8 Å². The van der Waals surface area contributed by atoms with E-state index in [1.807, 2.05) is 6.07 Å². The van der Waals surface area contributed by atoms with Gasteiger partial charge in [0.05, 0.1) is 0 Å². The zero-order valence-electron chi connectivity index (χ0n) is 10.9. The van der Waals surface area contributed by atoms with Crippen molar-refractivity contribution in [2.24, 2.45) is 0 Å². The van der Waals surface area contributed by atoms with Gasteiger partial charge in [0, 0.05) is 26.2 Å². The van der Waals surface area contributed by atoms with Gasteiger partial charge in [0.1, 0.15) is 15.2 Å². The van der Waals surface area contributed by atoms with E-state index in [9.17, 15) is 8.42 Å². The summed E-state index contributed by atoms with van der Waals surface area (Å²) in [6.45, 7) is 5.76. The molecule has 0 unspecified atom stereocenters. The normalized spacial score (nSPS) is 18.3.